The normalized spacial score (nSPS) is 10.0. The Morgan fingerprint density at radius 1 is 1.26 bits per heavy atom. The van der Waals surface area contributed by atoms with Crippen LogP contribution in [0.1, 0.15) is 21.5 Å². The molecule has 2 aromatic rings. The van der Waals surface area contributed by atoms with Gasteiger partial charge in [0.2, 0.25) is 0 Å². The molecule has 0 atom stereocenters. The Morgan fingerprint density at radius 2 is 2.00 bits per heavy atom. The number of esters is 1. The predicted molar refractivity (Wildman–Crippen MR) is 74.1 cm³/mol. The smallest absolute Gasteiger partial charge is 0.341 e. The van der Waals surface area contributed by atoms with Crippen LogP contribution in [0.5, 0.6) is 0 Å². The average Bonchev–Trinajstić information content (AvgIpc) is 2.46. The van der Waals surface area contributed by atoms with Gasteiger partial charge in [-0.05, 0) is 24.6 Å². The van der Waals surface area contributed by atoms with Crippen LogP contribution in [0.2, 0.25) is 0 Å². The van der Waals surface area contributed by atoms with Gasteiger partial charge >= 0.3 is 5.97 Å². The Hall–Kier alpha value is -2.36. The molecule has 2 rings (SSSR count). The SMILES string of the molecule is COC(=O)c1cccnc1NCc1ccc(C)cc1. The van der Waals surface area contributed by atoms with Crippen molar-refractivity contribution in [1.29, 1.82) is 0 Å². The van der Waals surface area contributed by atoms with E-state index in [1.54, 1.807) is 18.3 Å². The molecule has 0 saturated carbocycles. The Labute approximate surface area is 112 Å². The van der Waals surface area contributed by atoms with Crippen LogP contribution in [0.15, 0.2) is 42.6 Å². The number of ether oxygens (including phenoxy) is 1. The van der Waals surface area contributed by atoms with Crippen molar-refractivity contribution < 1.29 is 9.53 Å². The van der Waals surface area contributed by atoms with Gasteiger partial charge in [0, 0.05) is 12.7 Å². The molecule has 0 spiro atoms. The van der Waals surface area contributed by atoms with E-state index in [1.807, 2.05) is 19.1 Å². The minimum Gasteiger partial charge on any atom is -0.465 e. The number of anilines is 1. The molecule has 0 fully saturated rings. The second-order valence-electron chi connectivity index (χ2n) is 4.23. The van der Waals surface area contributed by atoms with Crippen molar-refractivity contribution in [3.8, 4) is 0 Å². The van der Waals surface area contributed by atoms with Gasteiger partial charge in [-0.2, -0.15) is 0 Å². The molecule has 0 saturated heterocycles. The zero-order valence-electron chi connectivity index (χ0n) is 11.0. The molecule has 1 aromatic heterocycles. The fourth-order valence-corrected chi connectivity index (χ4v) is 1.71. The van der Waals surface area contributed by atoms with Crippen LogP contribution >= 0.6 is 0 Å². The molecule has 1 aromatic carbocycles. The van der Waals surface area contributed by atoms with Crippen LogP contribution in [-0.4, -0.2) is 18.1 Å². The minimum atomic E-state index is -0.389. The second-order valence-corrected chi connectivity index (χ2v) is 4.23. The van der Waals surface area contributed by atoms with Crippen LogP contribution < -0.4 is 5.32 Å². The molecule has 1 heterocycles. The Kier molecular flexibility index (Phi) is 4.13. The van der Waals surface area contributed by atoms with E-state index in [9.17, 15) is 4.79 Å². The Morgan fingerprint density at radius 3 is 2.68 bits per heavy atom. The summed E-state index contributed by atoms with van der Waals surface area (Å²) in [5, 5.41) is 3.15. The van der Waals surface area contributed by atoms with Gasteiger partial charge < -0.3 is 10.1 Å². The van der Waals surface area contributed by atoms with Crippen LogP contribution in [0.25, 0.3) is 0 Å². The van der Waals surface area contributed by atoms with E-state index in [2.05, 4.69) is 22.4 Å². The molecule has 0 aliphatic heterocycles. The van der Waals surface area contributed by atoms with E-state index in [1.165, 1.54) is 12.7 Å². The lowest BCUT2D eigenvalue weighted by atomic mass is 10.1. The molecular weight excluding hydrogens is 240 g/mol. The summed E-state index contributed by atoms with van der Waals surface area (Å²) < 4.78 is 4.73. The average molecular weight is 256 g/mol. The van der Waals surface area contributed by atoms with Crippen molar-refractivity contribution >= 4 is 11.8 Å². The number of hydrogen-bond acceptors (Lipinski definition) is 4. The highest BCUT2D eigenvalue weighted by atomic mass is 16.5. The predicted octanol–water partition coefficient (Wildman–Crippen LogP) is 2.79. The van der Waals surface area contributed by atoms with Crippen molar-refractivity contribution in [2.24, 2.45) is 0 Å². The van der Waals surface area contributed by atoms with Gasteiger partial charge in [0.25, 0.3) is 0 Å². The van der Waals surface area contributed by atoms with Crippen molar-refractivity contribution in [2.75, 3.05) is 12.4 Å². The van der Waals surface area contributed by atoms with Gasteiger partial charge in [0.1, 0.15) is 11.4 Å². The van der Waals surface area contributed by atoms with Gasteiger partial charge in [-0.1, -0.05) is 29.8 Å². The minimum absolute atomic E-state index is 0.389. The number of aryl methyl sites for hydroxylation is 1. The summed E-state index contributed by atoms with van der Waals surface area (Å²) in [5.74, 6) is 0.148. The topological polar surface area (TPSA) is 51.2 Å². The van der Waals surface area contributed by atoms with Crippen LogP contribution in [0, 0.1) is 6.92 Å². The zero-order valence-corrected chi connectivity index (χ0v) is 11.0. The maximum absolute atomic E-state index is 11.6. The highest BCUT2D eigenvalue weighted by Crippen LogP contribution is 2.14. The number of carbonyl (C=O) groups excluding carboxylic acids is 1. The van der Waals surface area contributed by atoms with Gasteiger partial charge in [0.05, 0.1) is 7.11 Å². The molecular formula is C15H16N2O2. The Bertz CT molecular complexity index is 565. The van der Waals surface area contributed by atoms with Crippen LogP contribution in [0.4, 0.5) is 5.82 Å². The number of pyridine rings is 1. The number of aromatic nitrogens is 1. The van der Waals surface area contributed by atoms with Gasteiger partial charge in [0.15, 0.2) is 0 Å². The summed E-state index contributed by atoms with van der Waals surface area (Å²) in [5.41, 5.74) is 2.79. The molecule has 19 heavy (non-hydrogen) atoms. The van der Waals surface area contributed by atoms with E-state index >= 15 is 0 Å². The van der Waals surface area contributed by atoms with Crippen molar-refractivity contribution in [1.82, 2.24) is 4.98 Å². The maximum Gasteiger partial charge on any atom is 0.341 e. The fourth-order valence-electron chi connectivity index (χ4n) is 1.71. The first kappa shape index (κ1) is 13.1. The standard InChI is InChI=1S/C15H16N2O2/c1-11-5-7-12(8-6-11)10-17-14-13(15(18)19-2)4-3-9-16-14/h3-9H,10H2,1-2H3,(H,16,17). The summed E-state index contributed by atoms with van der Waals surface area (Å²) >= 11 is 0. The number of rotatable bonds is 4. The van der Waals surface area contributed by atoms with E-state index in [-0.39, 0.29) is 5.97 Å². The largest absolute Gasteiger partial charge is 0.465 e. The number of methoxy groups -OCH3 is 1. The fraction of sp³-hybridized carbons (Fsp3) is 0.200. The lowest BCUT2D eigenvalue weighted by Crippen LogP contribution is -2.09. The zero-order chi connectivity index (χ0) is 13.7. The van der Waals surface area contributed by atoms with Crippen molar-refractivity contribution in [2.45, 2.75) is 13.5 Å². The molecule has 0 aliphatic rings. The van der Waals surface area contributed by atoms with Gasteiger partial charge in [-0.3, -0.25) is 0 Å². The van der Waals surface area contributed by atoms with Crippen molar-refractivity contribution in [3.05, 3.63) is 59.3 Å². The third-order valence-electron chi connectivity index (χ3n) is 2.79. The summed E-state index contributed by atoms with van der Waals surface area (Å²) in [6, 6.07) is 11.6. The summed E-state index contributed by atoms with van der Waals surface area (Å²) in [6.45, 7) is 2.66. The quantitative estimate of drug-likeness (QED) is 0.855. The molecule has 0 unspecified atom stereocenters. The highest BCUT2D eigenvalue weighted by molar-refractivity contribution is 5.94. The highest BCUT2D eigenvalue weighted by Gasteiger charge is 2.11. The summed E-state index contributed by atoms with van der Waals surface area (Å²) in [4.78, 5) is 15.8. The Balaban J connectivity index is 2.11. The molecule has 0 amide bonds. The van der Waals surface area contributed by atoms with Crippen LogP contribution in [0.3, 0.4) is 0 Å². The maximum atomic E-state index is 11.6. The number of hydrogen-bond donors (Lipinski definition) is 1. The number of nitrogens with zero attached hydrogens (tertiary/aromatic N) is 1. The first-order chi connectivity index (χ1) is 9.20. The molecule has 0 aliphatic carbocycles. The molecule has 0 bridgehead atoms. The number of carbonyl (C=O) groups is 1. The van der Waals surface area contributed by atoms with E-state index in [0.717, 1.165) is 5.56 Å². The first-order valence-electron chi connectivity index (χ1n) is 6.03. The van der Waals surface area contributed by atoms with E-state index < -0.39 is 0 Å². The first-order valence-corrected chi connectivity index (χ1v) is 6.03. The monoisotopic (exact) mass is 256 g/mol. The van der Waals surface area contributed by atoms with E-state index in [0.29, 0.717) is 17.9 Å². The molecule has 4 heteroatoms. The number of nitrogens with one attached hydrogen (secondary N) is 1. The van der Waals surface area contributed by atoms with Crippen LogP contribution in [-0.2, 0) is 11.3 Å². The lowest BCUT2D eigenvalue weighted by Gasteiger charge is -2.09. The second kappa shape index (κ2) is 6.00. The molecule has 0 radical (unpaired) electrons. The number of benzene rings is 1. The lowest BCUT2D eigenvalue weighted by molar-refractivity contribution is 0.0601. The summed E-state index contributed by atoms with van der Waals surface area (Å²) in [7, 11) is 1.36. The summed E-state index contributed by atoms with van der Waals surface area (Å²) in [6.07, 6.45) is 1.64. The van der Waals surface area contributed by atoms with E-state index in [4.69, 9.17) is 4.74 Å². The van der Waals surface area contributed by atoms with Gasteiger partial charge in [-0.15, -0.1) is 0 Å². The third kappa shape index (κ3) is 3.31. The third-order valence-corrected chi connectivity index (χ3v) is 2.79. The molecule has 4 nitrogen and oxygen atoms in total. The molecule has 98 valence electrons. The molecule has 1 N–H and O–H groups in total. The van der Waals surface area contributed by atoms with Crippen molar-refractivity contribution in [3.63, 3.8) is 0 Å². The van der Waals surface area contributed by atoms with Gasteiger partial charge in [-0.25, -0.2) is 9.78 Å².